The number of carbonyl (C=O) groups is 1. The van der Waals surface area contributed by atoms with Crippen molar-refractivity contribution in [3.63, 3.8) is 0 Å². The monoisotopic (exact) mass is 451 g/mol. The lowest BCUT2D eigenvalue weighted by molar-refractivity contribution is -0.125. The van der Waals surface area contributed by atoms with Gasteiger partial charge in [0.15, 0.2) is 0 Å². The average molecular weight is 452 g/mol. The third-order valence-electron chi connectivity index (χ3n) is 5.84. The van der Waals surface area contributed by atoms with E-state index in [1.807, 2.05) is 43.3 Å². The maximum atomic E-state index is 12.7. The molecule has 6 heteroatoms. The van der Waals surface area contributed by atoms with Gasteiger partial charge in [0.2, 0.25) is 5.91 Å². The molecule has 1 saturated heterocycles. The van der Waals surface area contributed by atoms with Gasteiger partial charge < -0.3 is 11.1 Å². The Morgan fingerprint density at radius 3 is 2.40 bits per heavy atom. The first kappa shape index (κ1) is 26.4. The highest BCUT2D eigenvalue weighted by Gasteiger charge is 2.22. The molecule has 0 radical (unpaired) electrons. The summed E-state index contributed by atoms with van der Waals surface area (Å²) in [5, 5.41) is 3.10. The van der Waals surface area contributed by atoms with Gasteiger partial charge in [-0.25, -0.2) is 0 Å². The maximum absolute atomic E-state index is 12.7. The fourth-order valence-corrected chi connectivity index (χ4v) is 4.03. The zero-order chi connectivity index (χ0) is 19.9. The molecule has 0 bridgehead atoms. The molecule has 1 amide bonds. The van der Waals surface area contributed by atoms with Crippen molar-refractivity contribution in [2.75, 3.05) is 13.1 Å². The molecular formula is C24H35Cl2N3O. The molecule has 1 heterocycles. The Balaban J connectivity index is 0.00000225. The molecule has 1 aliphatic heterocycles. The van der Waals surface area contributed by atoms with Gasteiger partial charge in [0.05, 0.1) is 5.92 Å². The fraction of sp³-hybridized carbons (Fsp3) is 0.458. The predicted octanol–water partition coefficient (Wildman–Crippen LogP) is 4.71. The summed E-state index contributed by atoms with van der Waals surface area (Å²) in [6.45, 7) is 8.04. The minimum absolute atomic E-state index is 0. The van der Waals surface area contributed by atoms with E-state index in [1.165, 1.54) is 24.0 Å². The Bertz CT molecular complexity index is 772. The minimum Gasteiger partial charge on any atom is -0.352 e. The van der Waals surface area contributed by atoms with Crippen LogP contribution in [0.25, 0.3) is 0 Å². The van der Waals surface area contributed by atoms with E-state index < -0.39 is 0 Å². The Labute approximate surface area is 193 Å². The van der Waals surface area contributed by atoms with E-state index in [1.54, 1.807) is 0 Å². The van der Waals surface area contributed by atoms with E-state index in [-0.39, 0.29) is 42.7 Å². The lowest BCUT2D eigenvalue weighted by Crippen LogP contribution is -2.36. The number of amides is 1. The number of benzene rings is 2. The van der Waals surface area contributed by atoms with E-state index in [0.717, 1.165) is 31.1 Å². The molecular weight excluding hydrogens is 417 g/mol. The summed E-state index contributed by atoms with van der Waals surface area (Å²) >= 11 is 0. The highest BCUT2D eigenvalue weighted by atomic mass is 35.5. The summed E-state index contributed by atoms with van der Waals surface area (Å²) in [4.78, 5) is 15.2. The molecule has 0 spiro atoms. The standard InChI is InChI=1S/C24H33N3O.2ClH/c1-18-9-8-14-27(16-18)17-22-13-7-6-12-21(22)15-26-24(28)19(2)23(25)20-10-4-3-5-11-20;;/h3-7,10-13,18-19,23H,8-9,14-17,25H2,1-2H3,(H,26,28);2*1H. The highest BCUT2D eigenvalue weighted by Crippen LogP contribution is 2.21. The molecule has 3 unspecified atom stereocenters. The zero-order valence-corrected chi connectivity index (χ0v) is 19.6. The molecule has 2 aromatic carbocycles. The van der Waals surface area contributed by atoms with Gasteiger partial charge in [-0.05, 0) is 42.0 Å². The van der Waals surface area contributed by atoms with Crippen molar-refractivity contribution in [1.29, 1.82) is 0 Å². The van der Waals surface area contributed by atoms with Crippen LogP contribution in [-0.4, -0.2) is 23.9 Å². The lowest BCUT2D eigenvalue weighted by Gasteiger charge is -2.31. The van der Waals surface area contributed by atoms with Crippen LogP contribution in [0.4, 0.5) is 0 Å². The van der Waals surface area contributed by atoms with Crippen LogP contribution in [0.3, 0.4) is 0 Å². The molecule has 0 saturated carbocycles. The molecule has 166 valence electrons. The van der Waals surface area contributed by atoms with Crippen molar-refractivity contribution >= 4 is 30.7 Å². The van der Waals surface area contributed by atoms with Crippen molar-refractivity contribution in [1.82, 2.24) is 10.2 Å². The van der Waals surface area contributed by atoms with Crippen molar-refractivity contribution < 1.29 is 4.79 Å². The first-order valence-electron chi connectivity index (χ1n) is 10.4. The number of hydrogen-bond donors (Lipinski definition) is 2. The second kappa shape index (κ2) is 13.0. The SMILES string of the molecule is CC1CCCN(Cc2ccccc2CNC(=O)C(C)C(N)c2ccccc2)C1.Cl.Cl. The molecule has 2 aromatic rings. The number of nitrogens with one attached hydrogen (secondary N) is 1. The van der Waals surface area contributed by atoms with E-state index in [9.17, 15) is 4.79 Å². The Morgan fingerprint density at radius 2 is 1.73 bits per heavy atom. The lowest BCUT2D eigenvalue weighted by atomic mass is 9.94. The first-order chi connectivity index (χ1) is 13.5. The van der Waals surface area contributed by atoms with Crippen LogP contribution in [0.1, 0.15) is 49.4 Å². The Morgan fingerprint density at radius 1 is 1.10 bits per heavy atom. The quantitative estimate of drug-likeness (QED) is 0.640. The zero-order valence-electron chi connectivity index (χ0n) is 17.9. The van der Waals surface area contributed by atoms with Gasteiger partial charge in [-0.2, -0.15) is 0 Å². The Kier molecular flexibility index (Phi) is 11.4. The minimum atomic E-state index is -0.300. The van der Waals surface area contributed by atoms with Crippen molar-refractivity contribution in [2.45, 2.75) is 45.8 Å². The number of piperidine rings is 1. The summed E-state index contributed by atoms with van der Waals surface area (Å²) in [5.74, 6) is 0.483. The van der Waals surface area contributed by atoms with Crippen LogP contribution >= 0.6 is 24.8 Å². The van der Waals surface area contributed by atoms with Gasteiger partial charge >= 0.3 is 0 Å². The number of likely N-dealkylation sites (tertiary alicyclic amines) is 1. The second-order valence-electron chi connectivity index (χ2n) is 8.19. The number of rotatable bonds is 7. The van der Waals surface area contributed by atoms with Crippen LogP contribution in [0, 0.1) is 11.8 Å². The second-order valence-corrected chi connectivity index (χ2v) is 8.19. The summed E-state index contributed by atoms with van der Waals surface area (Å²) in [6, 6.07) is 17.9. The molecule has 0 aromatic heterocycles. The summed E-state index contributed by atoms with van der Waals surface area (Å²) < 4.78 is 0. The van der Waals surface area contributed by atoms with Crippen molar-refractivity contribution in [2.24, 2.45) is 17.6 Å². The number of halogens is 2. The number of hydrogen-bond acceptors (Lipinski definition) is 3. The van der Waals surface area contributed by atoms with Crippen LogP contribution < -0.4 is 11.1 Å². The summed E-state index contributed by atoms with van der Waals surface area (Å²) in [5.41, 5.74) is 9.79. The summed E-state index contributed by atoms with van der Waals surface area (Å²) in [7, 11) is 0. The van der Waals surface area contributed by atoms with Crippen molar-refractivity contribution in [3.05, 3.63) is 71.3 Å². The van der Waals surface area contributed by atoms with E-state index in [0.29, 0.717) is 6.54 Å². The molecule has 3 N–H and O–H groups in total. The number of nitrogens with two attached hydrogens (primary N) is 1. The molecule has 1 aliphatic rings. The van der Waals surface area contributed by atoms with E-state index in [4.69, 9.17) is 5.73 Å². The van der Waals surface area contributed by atoms with Crippen LogP contribution in [0.5, 0.6) is 0 Å². The molecule has 3 atom stereocenters. The average Bonchev–Trinajstić information content (AvgIpc) is 2.72. The molecule has 3 rings (SSSR count). The predicted molar refractivity (Wildman–Crippen MR) is 129 cm³/mol. The normalized spacial score (nSPS) is 18.4. The third kappa shape index (κ3) is 7.28. The van der Waals surface area contributed by atoms with Crippen LogP contribution in [0.2, 0.25) is 0 Å². The topological polar surface area (TPSA) is 58.4 Å². The summed E-state index contributed by atoms with van der Waals surface area (Å²) in [6.07, 6.45) is 2.60. The molecule has 4 nitrogen and oxygen atoms in total. The van der Waals surface area contributed by atoms with Gasteiger partial charge in [-0.1, -0.05) is 68.4 Å². The maximum Gasteiger partial charge on any atom is 0.225 e. The fourth-order valence-electron chi connectivity index (χ4n) is 4.03. The van der Waals surface area contributed by atoms with Gasteiger partial charge in [0, 0.05) is 25.7 Å². The van der Waals surface area contributed by atoms with Gasteiger partial charge in [-0.3, -0.25) is 9.69 Å². The largest absolute Gasteiger partial charge is 0.352 e. The molecule has 1 fully saturated rings. The number of nitrogens with zero attached hydrogens (tertiary/aromatic N) is 1. The Hall–Kier alpha value is -1.59. The molecule has 0 aliphatic carbocycles. The van der Waals surface area contributed by atoms with E-state index in [2.05, 4.69) is 35.3 Å². The van der Waals surface area contributed by atoms with Crippen molar-refractivity contribution in [3.8, 4) is 0 Å². The first-order valence-corrected chi connectivity index (χ1v) is 10.4. The van der Waals surface area contributed by atoms with Crippen LogP contribution in [-0.2, 0) is 17.9 Å². The molecule has 30 heavy (non-hydrogen) atoms. The smallest absolute Gasteiger partial charge is 0.225 e. The van der Waals surface area contributed by atoms with Gasteiger partial charge in [0.1, 0.15) is 0 Å². The van der Waals surface area contributed by atoms with Crippen LogP contribution in [0.15, 0.2) is 54.6 Å². The third-order valence-corrected chi connectivity index (χ3v) is 5.84. The van der Waals surface area contributed by atoms with Gasteiger partial charge in [0.25, 0.3) is 0 Å². The van der Waals surface area contributed by atoms with Gasteiger partial charge in [-0.15, -0.1) is 24.8 Å². The number of carbonyl (C=O) groups excluding carboxylic acids is 1. The highest BCUT2D eigenvalue weighted by molar-refractivity contribution is 5.85. The van der Waals surface area contributed by atoms with E-state index >= 15 is 0 Å².